The molecule has 3 aliphatic heterocycles. The second-order valence-electron chi connectivity index (χ2n) is 28.0. The van der Waals surface area contributed by atoms with E-state index in [1.807, 2.05) is 21.3 Å². The van der Waals surface area contributed by atoms with Crippen molar-refractivity contribution in [3.05, 3.63) is 27.6 Å². The molecule has 0 radical (unpaired) electrons. The number of Topliss-reactive ketones (excluding diaryl/α,β-unsaturated/α-hetero) is 1. The minimum atomic E-state index is -4.67. The van der Waals surface area contributed by atoms with Crippen LogP contribution in [0.15, 0.2) is 10.1 Å². The number of aliphatic imine (C=N–C) groups is 1. The van der Waals surface area contributed by atoms with Crippen LogP contribution in [-0.4, -0.2) is 122 Å². The molecule has 1 aromatic rings. The van der Waals surface area contributed by atoms with Gasteiger partial charge in [-0.25, -0.2) is 5.10 Å². The first kappa shape index (κ1) is 96.5. The molecule has 6 N–H and O–H groups in total. The first-order chi connectivity index (χ1) is 45.6. The molecule has 0 aromatic carbocycles. The number of aliphatic hydroxyl groups is 1. The van der Waals surface area contributed by atoms with Crippen LogP contribution in [0.4, 0.5) is 12.9 Å². The molecule has 1 aromatic heterocycles. The van der Waals surface area contributed by atoms with Crippen LogP contribution in [0.5, 0.6) is 0 Å². The summed E-state index contributed by atoms with van der Waals surface area (Å²) in [5.41, 5.74) is 13.8. The number of carbonyl (C=O) groups is 2. The number of alkyl halides is 2. The zero-order valence-electron chi connectivity index (χ0n) is 60.2. The van der Waals surface area contributed by atoms with Crippen LogP contribution in [0.3, 0.4) is 0 Å². The van der Waals surface area contributed by atoms with E-state index in [1.165, 1.54) is 235 Å². The van der Waals surface area contributed by atoms with Crippen molar-refractivity contribution >= 4 is 64.6 Å². The Labute approximate surface area is 613 Å². The van der Waals surface area contributed by atoms with E-state index in [4.69, 9.17) is 77.7 Å². The van der Waals surface area contributed by atoms with Crippen molar-refractivity contribution in [2.45, 2.75) is 301 Å². The average Bonchev–Trinajstić information content (AvgIpc) is 1.70. The minimum Gasteiger partial charge on any atom is -1.00 e. The second kappa shape index (κ2) is 58.9. The van der Waals surface area contributed by atoms with Crippen molar-refractivity contribution in [2.75, 3.05) is 54.0 Å². The molecule has 0 spiro atoms. The normalized spacial score (nSPS) is 27.0. The number of rotatable bonds is 2. The van der Waals surface area contributed by atoms with E-state index in [-0.39, 0.29) is 56.8 Å². The Morgan fingerprint density at radius 3 is 1.35 bits per heavy atom. The largest absolute Gasteiger partial charge is 1.00 e. The van der Waals surface area contributed by atoms with E-state index in [1.54, 1.807) is 7.11 Å². The molecule has 560 valence electrons. The number of halogens is 6. The average molecular weight is 1460 g/mol. The monoisotopic (exact) mass is 1450 g/mol. The van der Waals surface area contributed by atoms with Crippen molar-refractivity contribution in [1.29, 1.82) is 0 Å². The number of aliphatic hydroxyl groups excluding tert-OH is 1. The summed E-state index contributed by atoms with van der Waals surface area (Å²) >= 11 is 9.53. The predicted octanol–water partition coefficient (Wildman–Crippen LogP) is 10.9. The van der Waals surface area contributed by atoms with E-state index < -0.39 is 17.9 Å². The molecule has 4 heterocycles. The summed E-state index contributed by atoms with van der Waals surface area (Å²) < 4.78 is 71.0. The number of ether oxygens (including phenoxy) is 1. The number of nitrogens with one attached hydrogen (secondary N) is 1. The molecule has 0 atom stereocenters. The van der Waals surface area contributed by atoms with Gasteiger partial charge >= 0.3 is 47.5 Å². The van der Waals surface area contributed by atoms with Gasteiger partial charge in [0, 0.05) is 69.7 Å². The van der Waals surface area contributed by atoms with Crippen molar-refractivity contribution in [3.8, 4) is 0 Å². The molecular weight excluding hydrogens is 1330 g/mol. The molecular formula is C68H125BCl2F4N10NaO10S-. The quantitative estimate of drug-likeness (QED) is 0.0150. The first-order valence-electron chi connectivity index (χ1n) is 36.0. The number of hydrogen-bond donors (Lipinski definition) is 5. The van der Waals surface area contributed by atoms with E-state index in [9.17, 15) is 27.6 Å². The molecule has 0 unspecified atom stereocenters. The minimum absolute atomic E-state index is 0. The number of aromatic nitrogens is 3. The molecule has 9 saturated carbocycles. The number of hydrogen-bond acceptors (Lipinski definition) is 12. The number of aryl methyl sites for hydroxylation is 1. The zero-order valence-corrected chi connectivity index (χ0v) is 64.5. The summed E-state index contributed by atoms with van der Waals surface area (Å²) in [6.07, 6.45) is 57.3. The molecule has 1 amide bonds. The SMILES string of the molecule is C1CCCCc2nnc(C34CC5CC(CC(C5)C3)C4)n2CCCC1.CO.COC1=NCCCCCCCCC1.C[O+](C)C.ClCCl.FB(F)F.NN=C([O-])C12CC3CC(CC(C3)C1)C2.O=C1CCCCCCCCC1.O=C1CCCCCCCCCN1.O=S(=O)(O)O.[F-].[N-]=[N+]=[N-].[Na+]. The van der Waals surface area contributed by atoms with Crippen LogP contribution in [0, 0.1) is 40.9 Å². The summed E-state index contributed by atoms with van der Waals surface area (Å²) in [6.45, 7) is 3.03. The Morgan fingerprint density at radius 1 is 0.649 bits per heavy atom. The fourth-order valence-electron chi connectivity index (χ4n) is 16.5. The van der Waals surface area contributed by atoms with Gasteiger partial charge in [0.1, 0.15) is 38.8 Å². The maximum Gasteiger partial charge on any atom is 1.00 e. The van der Waals surface area contributed by atoms with Crippen LogP contribution < -0.4 is 50.5 Å². The first-order valence-corrected chi connectivity index (χ1v) is 38.4. The molecule has 29 heteroatoms. The molecule has 8 bridgehead atoms. The Morgan fingerprint density at radius 2 is 0.969 bits per heavy atom. The maximum absolute atomic E-state index is 11.8. The number of methoxy groups -OCH3 is 1. The third-order valence-electron chi connectivity index (χ3n) is 19.6. The third kappa shape index (κ3) is 46.0. The Balaban J connectivity index is 0. The topological polar surface area (TPSA) is 316 Å². The molecule has 9 aliphatic carbocycles. The van der Waals surface area contributed by atoms with Gasteiger partial charge < -0.3 is 50.8 Å². The van der Waals surface area contributed by atoms with Crippen molar-refractivity contribution in [1.82, 2.24) is 20.1 Å². The number of nitrogens with zero attached hydrogens (tertiary/aromatic N) is 8. The van der Waals surface area contributed by atoms with Gasteiger partial charge in [-0.1, -0.05) is 128 Å². The molecule has 13 rings (SSSR count). The molecule has 97 heavy (non-hydrogen) atoms. The van der Waals surface area contributed by atoms with Gasteiger partial charge in [0.2, 0.25) is 5.91 Å². The van der Waals surface area contributed by atoms with Gasteiger partial charge in [-0.2, -0.15) is 8.42 Å². The Hall–Kier alpha value is -2.52. The van der Waals surface area contributed by atoms with Gasteiger partial charge in [-0.05, 0) is 170 Å². The van der Waals surface area contributed by atoms with Crippen LogP contribution in [0.25, 0.3) is 16.0 Å². The third-order valence-corrected chi connectivity index (χ3v) is 19.6. The van der Waals surface area contributed by atoms with E-state index in [2.05, 4.69) is 24.3 Å². The van der Waals surface area contributed by atoms with E-state index in [0.29, 0.717) is 11.2 Å². The van der Waals surface area contributed by atoms with Crippen molar-refractivity contribution in [3.63, 3.8) is 0 Å². The van der Waals surface area contributed by atoms with E-state index >= 15 is 0 Å². The Bertz CT molecular complexity index is 2260. The fourth-order valence-corrected chi connectivity index (χ4v) is 16.5. The standard InChI is InChI=1S/C21H33N3.C11H18N2O.C11H21NO.C10H19NO.C10H18O.C3H9O.CH2Cl2.CH4O.BF3.FH.N3.Na.H2O4S/c1-2-4-6-8-19-22-23-20(24(19)9-7-5-3-1)21-13-16-10-17(14-21)12-18(11-16)15-21;12-13-10(14)11-4-7-1-8(5-11)3-9(2-7)6-11;1-13-11-9-7-5-3-2-4-6-8-10-12-11;12-10-8-6-4-2-1-3-5-7-9-11-10;11-10-8-6-4-2-1-3-5-7-9-10;1-4(2)3;2-1-3;1-2;2-1(3)4;;1-3-2;;1-5(2,3)4/h16-18H,1-15H2;7-9H,1-6,12H2,(H,13,14);2-10H2,1H3;1-9H2,(H,11,12);1-9H2;1-3H3;1H2;2H,1H3;;1H;;;(H2,1,2,3,4)/q;;;;;+1;;;;;-1;+1;/p-2. The molecule has 1 saturated heterocycles. The number of hydrazone groups is 1. The summed E-state index contributed by atoms with van der Waals surface area (Å²) in [5.74, 6) is 14.9. The second-order valence-corrected chi connectivity index (χ2v) is 29.8. The predicted molar refractivity (Wildman–Crippen MR) is 378 cm³/mol. The summed E-state index contributed by atoms with van der Waals surface area (Å²) in [7, 11) is 0.151. The van der Waals surface area contributed by atoms with Gasteiger partial charge in [0.05, 0.1) is 12.4 Å². The number of carbonyl (C=O) groups excluding carboxylic acids is 2. The maximum atomic E-state index is 11.8. The molecule has 10 fully saturated rings. The van der Waals surface area contributed by atoms with Gasteiger partial charge in [-0.3, -0.25) is 41.5 Å². The van der Waals surface area contributed by atoms with Crippen LogP contribution in [0.1, 0.15) is 294 Å². The van der Waals surface area contributed by atoms with Gasteiger partial charge in [0.25, 0.3) is 0 Å². The van der Waals surface area contributed by atoms with E-state index in [0.717, 1.165) is 139 Å². The summed E-state index contributed by atoms with van der Waals surface area (Å²) in [4.78, 5) is 28.1. The number of fused-ring (bicyclic) bond motifs is 1. The zero-order chi connectivity index (χ0) is 70.8. The number of amides is 1. The van der Waals surface area contributed by atoms with Crippen molar-refractivity contribution < 1.29 is 93.6 Å². The van der Waals surface area contributed by atoms with Crippen LogP contribution in [-0.2, 0) is 47.5 Å². The summed E-state index contributed by atoms with van der Waals surface area (Å²) in [5, 5.41) is 34.9. The summed E-state index contributed by atoms with van der Waals surface area (Å²) in [6, 6.07) is 0. The van der Waals surface area contributed by atoms with Crippen molar-refractivity contribution in [2.24, 2.45) is 56.9 Å². The van der Waals surface area contributed by atoms with Crippen LogP contribution >= 0.6 is 23.2 Å². The smallest absolute Gasteiger partial charge is 1.00 e. The molecule has 20 nitrogen and oxygen atoms in total. The van der Waals surface area contributed by atoms with Gasteiger partial charge in [0.15, 0.2) is 5.90 Å². The van der Waals surface area contributed by atoms with Crippen LogP contribution in [0.2, 0.25) is 0 Å². The molecule has 12 aliphatic rings. The number of ketones is 1. The van der Waals surface area contributed by atoms with Gasteiger partial charge in [-0.15, -0.1) is 33.4 Å². The Kier molecular flexibility index (Phi) is 58.7. The number of nitrogens with two attached hydrogens (primary N) is 1. The fraction of sp³-hybridized carbons (Fsp3) is 0.912.